The second kappa shape index (κ2) is 5.52. The second-order valence-corrected chi connectivity index (χ2v) is 3.49. The first kappa shape index (κ1) is 13.3. The number of nitrogen functional groups attached to an aromatic ring is 1. The van der Waals surface area contributed by atoms with Crippen molar-refractivity contribution in [2.45, 2.75) is 20.8 Å². The van der Waals surface area contributed by atoms with Gasteiger partial charge in [-0.3, -0.25) is 5.41 Å². The van der Waals surface area contributed by atoms with Crippen molar-refractivity contribution in [1.29, 1.82) is 5.41 Å². The average molecular weight is 240 g/mol. The molecule has 0 saturated carbocycles. The van der Waals surface area contributed by atoms with Crippen molar-refractivity contribution in [3.05, 3.63) is 23.0 Å². The summed E-state index contributed by atoms with van der Waals surface area (Å²) in [5, 5.41) is 7.36. The van der Waals surface area contributed by atoms with Crippen molar-refractivity contribution in [3.8, 4) is 11.5 Å². The average Bonchev–Trinajstić information content (AvgIpc) is 2.23. The molecule has 1 aromatic rings. The highest BCUT2D eigenvalue weighted by molar-refractivity contribution is 5.97. The highest BCUT2D eigenvalue weighted by Crippen LogP contribution is 2.34. The van der Waals surface area contributed by atoms with E-state index in [0.29, 0.717) is 24.5 Å². The number of amidine groups is 1. The van der Waals surface area contributed by atoms with Crippen molar-refractivity contribution in [3.63, 3.8) is 0 Å². The first-order valence-electron chi connectivity index (χ1n) is 5.45. The summed E-state index contributed by atoms with van der Waals surface area (Å²) in [4.78, 5) is 0. The molecular formula is C12H17FN2O2. The number of benzene rings is 1. The SMILES string of the molecule is CCOc1cc(C)c(C(=N)N)c(F)c1OCC. The van der Waals surface area contributed by atoms with Crippen LogP contribution in [0.4, 0.5) is 4.39 Å². The number of hydrogen-bond acceptors (Lipinski definition) is 3. The van der Waals surface area contributed by atoms with Crippen LogP contribution in [-0.2, 0) is 0 Å². The van der Waals surface area contributed by atoms with Gasteiger partial charge in [0.15, 0.2) is 17.3 Å². The minimum atomic E-state index is -0.636. The van der Waals surface area contributed by atoms with Crippen LogP contribution >= 0.6 is 0 Å². The lowest BCUT2D eigenvalue weighted by Crippen LogP contribution is -2.16. The summed E-state index contributed by atoms with van der Waals surface area (Å²) in [6.07, 6.45) is 0. The molecule has 5 heteroatoms. The molecule has 0 aliphatic heterocycles. The fourth-order valence-corrected chi connectivity index (χ4v) is 1.60. The predicted octanol–water partition coefficient (Wildman–Crippen LogP) is 2.22. The zero-order chi connectivity index (χ0) is 13.0. The van der Waals surface area contributed by atoms with Gasteiger partial charge in [0.1, 0.15) is 5.84 Å². The molecule has 0 bridgehead atoms. The lowest BCUT2D eigenvalue weighted by atomic mass is 10.1. The monoisotopic (exact) mass is 240 g/mol. The van der Waals surface area contributed by atoms with E-state index in [1.54, 1.807) is 19.9 Å². The Bertz CT molecular complexity index is 433. The Hall–Kier alpha value is -1.78. The topological polar surface area (TPSA) is 68.3 Å². The molecule has 1 rings (SSSR count). The molecule has 0 heterocycles. The molecule has 0 aliphatic rings. The summed E-state index contributed by atoms with van der Waals surface area (Å²) in [5.41, 5.74) is 5.98. The van der Waals surface area contributed by atoms with E-state index in [0.717, 1.165) is 0 Å². The molecule has 0 aliphatic carbocycles. The van der Waals surface area contributed by atoms with Gasteiger partial charge in [0.05, 0.1) is 18.8 Å². The molecule has 0 aromatic heterocycles. The summed E-state index contributed by atoms with van der Waals surface area (Å²) in [7, 11) is 0. The summed E-state index contributed by atoms with van der Waals surface area (Å²) in [5.74, 6) is -0.591. The Kier molecular flexibility index (Phi) is 4.31. The lowest BCUT2D eigenvalue weighted by Gasteiger charge is -2.15. The molecule has 17 heavy (non-hydrogen) atoms. The van der Waals surface area contributed by atoms with Crippen LogP contribution in [0.25, 0.3) is 0 Å². The molecule has 0 saturated heterocycles. The maximum atomic E-state index is 14.1. The molecule has 0 fully saturated rings. The van der Waals surface area contributed by atoms with Gasteiger partial charge in [0.2, 0.25) is 0 Å². The van der Waals surface area contributed by atoms with Crippen LogP contribution in [0.15, 0.2) is 6.07 Å². The number of aryl methyl sites for hydroxylation is 1. The number of rotatable bonds is 5. The van der Waals surface area contributed by atoms with Gasteiger partial charge >= 0.3 is 0 Å². The Labute approximate surface area is 100 Å². The van der Waals surface area contributed by atoms with Crippen molar-refractivity contribution in [2.24, 2.45) is 5.73 Å². The van der Waals surface area contributed by atoms with Crippen molar-refractivity contribution >= 4 is 5.84 Å². The first-order valence-corrected chi connectivity index (χ1v) is 5.45. The Morgan fingerprint density at radius 1 is 1.35 bits per heavy atom. The normalized spacial score (nSPS) is 10.1. The van der Waals surface area contributed by atoms with E-state index in [1.807, 2.05) is 6.92 Å². The fourth-order valence-electron chi connectivity index (χ4n) is 1.60. The third-order valence-corrected chi connectivity index (χ3v) is 2.24. The Balaban J connectivity index is 3.40. The number of nitrogens with one attached hydrogen (secondary N) is 1. The van der Waals surface area contributed by atoms with Crippen LogP contribution in [-0.4, -0.2) is 19.0 Å². The molecule has 94 valence electrons. The van der Waals surface area contributed by atoms with Gasteiger partial charge in [-0.25, -0.2) is 4.39 Å². The smallest absolute Gasteiger partial charge is 0.197 e. The highest BCUT2D eigenvalue weighted by atomic mass is 19.1. The lowest BCUT2D eigenvalue weighted by molar-refractivity contribution is 0.275. The quantitative estimate of drug-likeness (QED) is 0.612. The number of hydrogen-bond donors (Lipinski definition) is 2. The van der Waals surface area contributed by atoms with Crippen LogP contribution in [0.1, 0.15) is 25.0 Å². The molecule has 0 spiro atoms. The van der Waals surface area contributed by atoms with Crippen molar-refractivity contribution < 1.29 is 13.9 Å². The minimum Gasteiger partial charge on any atom is -0.490 e. The summed E-state index contributed by atoms with van der Waals surface area (Å²) < 4.78 is 24.7. The van der Waals surface area contributed by atoms with Crippen LogP contribution in [0.5, 0.6) is 11.5 Å². The van der Waals surface area contributed by atoms with Crippen LogP contribution in [0, 0.1) is 18.2 Å². The minimum absolute atomic E-state index is 0.0187. The fraction of sp³-hybridized carbons (Fsp3) is 0.417. The van der Waals surface area contributed by atoms with Crippen molar-refractivity contribution in [2.75, 3.05) is 13.2 Å². The van der Waals surface area contributed by atoms with E-state index in [-0.39, 0.29) is 17.1 Å². The Morgan fingerprint density at radius 2 is 1.94 bits per heavy atom. The molecular weight excluding hydrogens is 223 g/mol. The number of ether oxygens (including phenoxy) is 2. The molecule has 0 amide bonds. The number of halogens is 1. The maximum Gasteiger partial charge on any atom is 0.197 e. The van der Waals surface area contributed by atoms with Crippen LogP contribution in [0.3, 0.4) is 0 Å². The van der Waals surface area contributed by atoms with Crippen molar-refractivity contribution in [1.82, 2.24) is 0 Å². The number of nitrogens with two attached hydrogens (primary N) is 1. The van der Waals surface area contributed by atoms with Crippen LogP contribution in [0.2, 0.25) is 0 Å². The van der Waals surface area contributed by atoms with E-state index in [4.69, 9.17) is 20.6 Å². The second-order valence-electron chi connectivity index (χ2n) is 3.49. The van der Waals surface area contributed by atoms with E-state index < -0.39 is 5.82 Å². The zero-order valence-electron chi connectivity index (χ0n) is 10.3. The summed E-state index contributed by atoms with van der Waals surface area (Å²) in [6, 6.07) is 1.63. The third kappa shape index (κ3) is 2.67. The zero-order valence-corrected chi connectivity index (χ0v) is 10.3. The predicted molar refractivity (Wildman–Crippen MR) is 64.5 cm³/mol. The molecule has 4 nitrogen and oxygen atoms in total. The standard InChI is InChI=1S/C12H17FN2O2/c1-4-16-8-6-7(3)9(12(14)15)10(13)11(8)17-5-2/h6H,4-5H2,1-3H3,(H3,14,15). The van der Waals surface area contributed by atoms with Gasteiger partial charge in [0.25, 0.3) is 0 Å². The molecule has 0 unspecified atom stereocenters. The first-order chi connectivity index (χ1) is 8.02. The van der Waals surface area contributed by atoms with E-state index >= 15 is 0 Å². The van der Waals surface area contributed by atoms with Gasteiger partial charge in [-0.2, -0.15) is 0 Å². The van der Waals surface area contributed by atoms with Gasteiger partial charge in [-0.05, 0) is 32.4 Å². The van der Waals surface area contributed by atoms with Gasteiger partial charge in [-0.1, -0.05) is 0 Å². The highest BCUT2D eigenvalue weighted by Gasteiger charge is 2.20. The maximum absolute atomic E-state index is 14.1. The van der Waals surface area contributed by atoms with Gasteiger partial charge in [0, 0.05) is 0 Å². The summed E-state index contributed by atoms with van der Waals surface area (Å²) in [6.45, 7) is 5.97. The summed E-state index contributed by atoms with van der Waals surface area (Å²) >= 11 is 0. The molecule has 1 aromatic carbocycles. The van der Waals surface area contributed by atoms with Gasteiger partial charge < -0.3 is 15.2 Å². The van der Waals surface area contributed by atoms with E-state index in [9.17, 15) is 4.39 Å². The molecule has 0 radical (unpaired) electrons. The van der Waals surface area contributed by atoms with E-state index in [1.165, 1.54) is 0 Å². The molecule has 0 atom stereocenters. The largest absolute Gasteiger partial charge is 0.490 e. The molecule has 3 N–H and O–H groups in total. The van der Waals surface area contributed by atoms with E-state index in [2.05, 4.69) is 0 Å². The van der Waals surface area contributed by atoms with Crippen LogP contribution < -0.4 is 15.2 Å². The van der Waals surface area contributed by atoms with Gasteiger partial charge in [-0.15, -0.1) is 0 Å². The third-order valence-electron chi connectivity index (χ3n) is 2.24. The Morgan fingerprint density at radius 3 is 2.41 bits per heavy atom.